The first-order valence-electron chi connectivity index (χ1n) is 7.96. The molecule has 0 aliphatic carbocycles. The van der Waals surface area contributed by atoms with Gasteiger partial charge in [0.1, 0.15) is 17.3 Å². The van der Waals surface area contributed by atoms with Crippen molar-refractivity contribution in [3.63, 3.8) is 0 Å². The third kappa shape index (κ3) is 3.12. The van der Waals surface area contributed by atoms with Crippen LogP contribution in [0, 0.1) is 0 Å². The van der Waals surface area contributed by atoms with E-state index in [9.17, 15) is 0 Å². The largest absolute Gasteiger partial charge is 0.383 e. The molecular formula is C16H27N5. The van der Waals surface area contributed by atoms with E-state index >= 15 is 0 Å². The Morgan fingerprint density at radius 2 is 1.95 bits per heavy atom. The fraction of sp³-hybridized carbons (Fsp3) is 0.625. The molecule has 0 aliphatic heterocycles. The average molecular weight is 289 g/mol. The summed E-state index contributed by atoms with van der Waals surface area (Å²) in [5.74, 6) is 2.20. The van der Waals surface area contributed by atoms with Gasteiger partial charge in [-0.05, 0) is 12.8 Å². The second kappa shape index (κ2) is 6.78. The summed E-state index contributed by atoms with van der Waals surface area (Å²) in [6, 6.07) is 0. The van der Waals surface area contributed by atoms with Crippen molar-refractivity contribution in [1.82, 2.24) is 19.1 Å². The van der Waals surface area contributed by atoms with Gasteiger partial charge in [-0.2, -0.15) is 0 Å². The minimum absolute atomic E-state index is 0.362. The van der Waals surface area contributed by atoms with Gasteiger partial charge in [-0.25, -0.2) is 9.97 Å². The third-order valence-electron chi connectivity index (χ3n) is 3.71. The van der Waals surface area contributed by atoms with Crippen molar-refractivity contribution in [1.29, 1.82) is 0 Å². The topological polar surface area (TPSA) is 61.7 Å². The van der Waals surface area contributed by atoms with Crippen molar-refractivity contribution in [2.24, 2.45) is 0 Å². The molecule has 2 aromatic heterocycles. The Morgan fingerprint density at radius 3 is 2.57 bits per heavy atom. The van der Waals surface area contributed by atoms with Gasteiger partial charge < -0.3 is 14.9 Å². The molecule has 2 aromatic rings. The summed E-state index contributed by atoms with van der Waals surface area (Å²) in [5, 5.41) is 0. The van der Waals surface area contributed by atoms with Crippen LogP contribution in [0.5, 0.6) is 0 Å². The molecule has 0 atom stereocenters. The number of nitrogens with two attached hydrogens (primary N) is 1. The van der Waals surface area contributed by atoms with Crippen LogP contribution in [-0.4, -0.2) is 19.1 Å². The monoisotopic (exact) mass is 289 g/mol. The predicted molar refractivity (Wildman–Crippen MR) is 87.1 cm³/mol. The van der Waals surface area contributed by atoms with Gasteiger partial charge in [0.2, 0.25) is 0 Å². The zero-order valence-electron chi connectivity index (χ0n) is 13.6. The van der Waals surface area contributed by atoms with Gasteiger partial charge >= 0.3 is 0 Å². The van der Waals surface area contributed by atoms with E-state index in [1.54, 1.807) is 0 Å². The molecule has 5 nitrogen and oxygen atoms in total. The number of nitrogens with zero attached hydrogens (tertiary/aromatic N) is 4. The van der Waals surface area contributed by atoms with Gasteiger partial charge in [-0.3, -0.25) is 0 Å². The Kier molecular flexibility index (Phi) is 5.04. The van der Waals surface area contributed by atoms with Crippen molar-refractivity contribution < 1.29 is 0 Å². The highest BCUT2D eigenvalue weighted by Crippen LogP contribution is 2.29. The van der Waals surface area contributed by atoms with E-state index in [1.807, 2.05) is 12.5 Å². The molecule has 2 rings (SSSR count). The lowest BCUT2D eigenvalue weighted by Crippen LogP contribution is -2.08. The molecule has 0 unspecified atom stereocenters. The average Bonchev–Trinajstić information content (AvgIpc) is 3.02. The van der Waals surface area contributed by atoms with E-state index in [0.29, 0.717) is 5.92 Å². The maximum absolute atomic E-state index is 6.40. The van der Waals surface area contributed by atoms with Crippen molar-refractivity contribution in [3.8, 4) is 11.4 Å². The molecule has 116 valence electrons. The lowest BCUT2D eigenvalue weighted by atomic mass is 10.2. The van der Waals surface area contributed by atoms with Gasteiger partial charge in [0.05, 0.1) is 18.2 Å². The number of hydrogen-bond acceptors (Lipinski definition) is 3. The summed E-state index contributed by atoms with van der Waals surface area (Å²) < 4.78 is 4.31. The minimum atomic E-state index is 0.362. The first kappa shape index (κ1) is 15.6. The standard InChI is InChI=1S/C16H27N5/c1-5-7-9-21-15(17)14(19-16(21)12(3)4)13-10-18-11-20(13)8-6-2/h10-12H,5-9,17H2,1-4H3. The normalized spacial score (nSPS) is 11.5. The van der Waals surface area contributed by atoms with Crippen LogP contribution in [0.25, 0.3) is 11.4 Å². The van der Waals surface area contributed by atoms with Crippen LogP contribution >= 0.6 is 0 Å². The molecule has 0 aliphatic rings. The van der Waals surface area contributed by atoms with E-state index < -0.39 is 0 Å². The number of unbranched alkanes of at least 4 members (excludes halogenated alkanes) is 1. The summed E-state index contributed by atoms with van der Waals surface area (Å²) >= 11 is 0. The maximum atomic E-state index is 6.40. The number of imidazole rings is 2. The maximum Gasteiger partial charge on any atom is 0.133 e. The van der Waals surface area contributed by atoms with Crippen LogP contribution in [0.3, 0.4) is 0 Å². The van der Waals surface area contributed by atoms with Crippen LogP contribution in [-0.2, 0) is 13.1 Å². The van der Waals surface area contributed by atoms with Crippen LogP contribution in [0.4, 0.5) is 5.82 Å². The van der Waals surface area contributed by atoms with Gasteiger partial charge in [0, 0.05) is 19.0 Å². The molecule has 0 spiro atoms. The van der Waals surface area contributed by atoms with Gasteiger partial charge in [0.25, 0.3) is 0 Å². The quantitative estimate of drug-likeness (QED) is 0.846. The molecule has 0 saturated heterocycles. The molecule has 0 radical (unpaired) electrons. The molecule has 0 fully saturated rings. The lowest BCUT2D eigenvalue weighted by Gasteiger charge is -2.11. The van der Waals surface area contributed by atoms with Gasteiger partial charge in [-0.15, -0.1) is 0 Å². The summed E-state index contributed by atoms with van der Waals surface area (Å²) in [5.41, 5.74) is 8.29. The number of aryl methyl sites for hydroxylation is 1. The van der Waals surface area contributed by atoms with Crippen LogP contribution in [0.2, 0.25) is 0 Å². The van der Waals surface area contributed by atoms with Gasteiger partial charge in [0.15, 0.2) is 0 Å². The molecule has 0 amide bonds. The summed E-state index contributed by atoms with van der Waals surface area (Å²) in [7, 11) is 0. The molecule has 5 heteroatoms. The Hall–Kier alpha value is -1.78. The highest BCUT2D eigenvalue weighted by molar-refractivity contribution is 5.68. The number of rotatable bonds is 7. The van der Waals surface area contributed by atoms with E-state index in [4.69, 9.17) is 10.7 Å². The molecule has 21 heavy (non-hydrogen) atoms. The zero-order chi connectivity index (χ0) is 15.4. The zero-order valence-corrected chi connectivity index (χ0v) is 13.6. The Bertz CT molecular complexity index is 580. The number of aromatic nitrogens is 4. The predicted octanol–water partition coefficient (Wildman–Crippen LogP) is 3.66. The molecule has 0 saturated carbocycles. The Balaban J connectivity index is 2.46. The van der Waals surface area contributed by atoms with E-state index in [1.165, 1.54) is 0 Å². The molecular weight excluding hydrogens is 262 g/mol. The summed E-state index contributed by atoms with van der Waals surface area (Å²) in [6.45, 7) is 10.6. The van der Waals surface area contributed by atoms with Crippen molar-refractivity contribution in [2.75, 3.05) is 5.73 Å². The van der Waals surface area contributed by atoms with Crippen molar-refractivity contribution >= 4 is 5.82 Å². The van der Waals surface area contributed by atoms with Crippen molar-refractivity contribution in [3.05, 3.63) is 18.3 Å². The first-order valence-corrected chi connectivity index (χ1v) is 7.96. The smallest absolute Gasteiger partial charge is 0.133 e. The van der Waals surface area contributed by atoms with E-state index in [0.717, 1.165) is 55.4 Å². The molecule has 2 N–H and O–H groups in total. The Labute approximate surface area is 127 Å². The van der Waals surface area contributed by atoms with E-state index in [2.05, 4.69) is 41.8 Å². The second-order valence-electron chi connectivity index (χ2n) is 5.84. The minimum Gasteiger partial charge on any atom is -0.383 e. The summed E-state index contributed by atoms with van der Waals surface area (Å²) in [6.07, 6.45) is 7.06. The third-order valence-corrected chi connectivity index (χ3v) is 3.71. The molecule has 2 heterocycles. The fourth-order valence-corrected chi connectivity index (χ4v) is 2.60. The first-order chi connectivity index (χ1) is 10.1. The molecule has 0 bridgehead atoms. The Morgan fingerprint density at radius 1 is 1.19 bits per heavy atom. The van der Waals surface area contributed by atoms with Gasteiger partial charge in [-0.1, -0.05) is 34.1 Å². The number of nitrogen functional groups attached to an aromatic ring is 1. The number of anilines is 1. The van der Waals surface area contributed by atoms with Crippen LogP contribution in [0.1, 0.15) is 58.7 Å². The van der Waals surface area contributed by atoms with E-state index in [-0.39, 0.29) is 0 Å². The lowest BCUT2D eigenvalue weighted by molar-refractivity contribution is 0.588. The summed E-state index contributed by atoms with van der Waals surface area (Å²) in [4.78, 5) is 9.09. The van der Waals surface area contributed by atoms with Crippen LogP contribution < -0.4 is 5.73 Å². The fourth-order valence-electron chi connectivity index (χ4n) is 2.60. The second-order valence-corrected chi connectivity index (χ2v) is 5.84. The van der Waals surface area contributed by atoms with Crippen molar-refractivity contribution in [2.45, 2.75) is 66.0 Å². The molecule has 0 aromatic carbocycles. The SMILES string of the molecule is CCCCn1c(C(C)C)nc(-c2cncn2CCC)c1N. The number of hydrogen-bond donors (Lipinski definition) is 1. The van der Waals surface area contributed by atoms with Crippen LogP contribution in [0.15, 0.2) is 12.5 Å². The highest BCUT2D eigenvalue weighted by Gasteiger charge is 2.20. The highest BCUT2D eigenvalue weighted by atomic mass is 15.2.